The molecule has 3 heterocycles. The maximum absolute atomic E-state index is 9.43. The van der Waals surface area contributed by atoms with Crippen molar-refractivity contribution in [2.75, 3.05) is 0 Å². The monoisotopic (exact) mass is 280 g/mol. The van der Waals surface area contributed by atoms with E-state index in [0.29, 0.717) is 27.5 Å². The first-order chi connectivity index (χ1) is 9.77. The Morgan fingerprint density at radius 1 is 1.25 bits per heavy atom. The molecule has 0 saturated carbocycles. The Hall–Kier alpha value is -2.56. The molecule has 0 fully saturated rings. The fourth-order valence-electron chi connectivity index (χ4n) is 2.51. The molecule has 0 atom stereocenters. The molecule has 0 saturated heterocycles. The fraction of sp³-hybridized carbons (Fsp3) is 0.133. The van der Waals surface area contributed by atoms with E-state index >= 15 is 0 Å². The molecule has 1 aliphatic heterocycles. The largest absolute Gasteiger partial charge is 0.338 e. The number of allylic oxidation sites excluding steroid dienone is 1. The van der Waals surface area contributed by atoms with Gasteiger partial charge in [-0.3, -0.25) is 0 Å². The van der Waals surface area contributed by atoms with Crippen LogP contribution in [0.3, 0.4) is 0 Å². The van der Waals surface area contributed by atoms with E-state index in [1.165, 1.54) is 0 Å². The van der Waals surface area contributed by atoms with Crippen molar-refractivity contribution in [3.8, 4) is 23.4 Å². The minimum absolute atomic E-state index is 0.336. The third kappa shape index (κ3) is 1.71. The molecule has 0 radical (unpaired) electrons. The van der Waals surface area contributed by atoms with Crippen molar-refractivity contribution in [3.05, 3.63) is 46.4 Å². The van der Waals surface area contributed by atoms with Crippen molar-refractivity contribution in [2.45, 2.75) is 13.0 Å². The molecule has 0 unspecified atom stereocenters. The first-order valence-corrected chi connectivity index (χ1v) is 6.50. The topological polar surface area (TPSA) is 65.4 Å². The Kier molecular flexibility index (Phi) is 3.02. The normalized spacial score (nSPS) is 12.6. The van der Waals surface area contributed by atoms with Gasteiger partial charge in [-0.1, -0.05) is 17.7 Å². The smallest absolute Gasteiger partial charge is 0.138 e. The number of fused-ring (bicyclic) bond motifs is 1. The number of rotatable bonds is 1. The highest BCUT2D eigenvalue weighted by Gasteiger charge is 2.25. The summed E-state index contributed by atoms with van der Waals surface area (Å²) in [5.41, 5.74) is 2.90. The van der Waals surface area contributed by atoms with E-state index in [4.69, 9.17) is 11.6 Å². The van der Waals surface area contributed by atoms with Gasteiger partial charge in [-0.05, 0) is 24.6 Å². The van der Waals surface area contributed by atoms with Crippen LogP contribution in [0.4, 0.5) is 0 Å². The summed E-state index contributed by atoms with van der Waals surface area (Å²) >= 11 is 6.15. The lowest BCUT2D eigenvalue weighted by Crippen LogP contribution is -2.06. The van der Waals surface area contributed by atoms with Gasteiger partial charge in [0.1, 0.15) is 17.3 Å². The molecule has 0 amide bonds. The van der Waals surface area contributed by atoms with E-state index in [-0.39, 0.29) is 0 Å². The first-order valence-electron chi connectivity index (χ1n) is 6.12. The van der Waals surface area contributed by atoms with Gasteiger partial charge in [-0.25, -0.2) is 4.98 Å². The second-order valence-electron chi connectivity index (χ2n) is 4.39. The molecular formula is C15H9ClN4. The molecule has 96 valence electrons. The van der Waals surface area contributed by atoms with Gasteiger partial charge in [0.25, 0.3) is 0 Å². The van der Waals surface area contributed by atoms with Gasteiger partial charge in [-0.2, -0.15) is 10.5 Å². The molecule has 5 heteroatoms. The Bertz CT molecular complexity index is 803. The zero-order chi connectivity index (χ0) is 14.1. The minimum Gasteiger partial charge on any atom is -0.338 e. The molecule has 2 aromatic rings. The molecule has 20 heavy (non-hydrogen) atoms. The summed E-state index contributed by atoms with van der Waals surface area (Å²) in [6.45, 7) is 0.725. The van der Waals surface area contributed by atoms with Crippen LogP contribution in [0.5, 0.6) is 0 Å². The average Bonchev–Trinajstić information content (AvgIpc) is 2.81. The Morgan fingerprint density at radius 3 is 2.75 bits per heavy atom. The summed E-state index contributed by atoms with van der Waals surface area (Å²) < 4.78 is 1.97. The second-order valence-corrected chi connectivity index (χ2v) is 4.75. The summed E-state index contributed by atoms with van der Waals surface area (Å²) in [6.07, 6.45) is 6.36. The standard InChI is InChI=1S/C15H9ClN4/c16-15-10(4-3-6-19-15)14-12(9-18)11(8-17)13-5-1-2-7-20(13)14/h1,3-6H,2,7H2. The first kappa shape index (κ1) is 12.5. The van der Waals surface area contributed by atoms with Gasteiger partial charge < -0.3 is 4.57 Å². The van der Waals surface area contributed by atoms with E-state index < -0.39 is 0 Å². The van der Waals surface area contributed by atoms with Crippen LogP contribution in [0.2, 0.25) is 5.15 Å². The van der Waals surface area contributed by atoms with Crippen LogP contribution in [-0.2, 0) is 6.54 Å². The van der Waals surface area contributed by atoms with Gasteiger partial charge in [-0.15, -0.1) is 0 Å². The molecule has 0 spiro atoms. The predicted octanol–water partition coefficient (Wildman–Crippen LogP) is 3.36. The lowest BCUT2D eigenvalue weighted by molar-refractivity contribution is 0.703. The van der Waals surface area contributed by atoms with Crippen LogP contribution in [0.25, 0.3) is 17.3 Å². The molecule has 3 rings (SSSR count). The number of nitrogens with zero attached hydrogens (tertiary/aromatic N) is 4. The maximum Gasteiger partial charge on any atom is 0.138 e. The van der Waals surface area contributed by atoms with Gasteiger partial charge in [0, 0.05) is 18.3 Å². The van der Waals surface area contributed by atoms with Crippen molar-refractivity contribution in [1.29, 1.82) is 10.5 Å². The van der Waals surface area contributed by atoms with E-state index in [0.717, 1.165) is 18.7 Å². The van der Waals surface area contributed by atoms with Gasteiger partial charge >= 0.3 is 0 Å². The molecule has 4 nitrogen and oxygen atoms in total. The summed E-state index contributed by atoms with van der Waals surface area (Å²) in [6, 6.07) is 7.85. The van der Waals surface area contributed by atoms with E-state index in [2.05, 4.69) is 17.1 Å². The summed E-state index contributed by atoms with van der Waals surface area (Å²) in [4.78, 5) is 4.06. The number of pyridine rings is 1. The summed E-state index contributed by atoms with van der Waals surface area (Å²) in [7, 11) is 0. The lowest BCUT2D eigenvalue weighted by Gasteiger charge is -2.14. The second kappa shape index (κ2) is 4.85. The van der Waals surface area contributed by atoms with Crippen LogP contribution in [0.1, 0.15) is 23.2 Å². The number of aromatic nitrogens is 2. The Morgan fingerprint density at radius 2 is 2.05 bits per heavy atom. The number of hydrogen-bond acceptors (Lipinski definition) is 3. The molecule has 0 N–H and O–H groups in total. The third-order valence-corrected chi connectivity index (χ3v) is 3.64. The van der Waals surface area contributed by atoms with Gasteiger partial charge in [0.15, 0.2) is 0 Å². The SMILES string of the molecule is N#Cc1c(C#N)c(-c2cccnc2Cl)n2c1C=CCC2. The number of hydrogen-bond donors (Lipinski definition) is 0. The average molecular weight is 281 g/mol. The van der Waals surface area contributed by atoms with Crippen LogP contribution in [0.15, 0.2) is 24.4 Å². The van der Waals surface area contributed by atoms with Crippen molar-refractivity contribution >= 4 is 17.7 Å². The van der Waals surface area contributed by atoms with Crippen molar-refractivity contribution in [3.63, 3.8) is 0 Å². The Balaban J connectivity index is 2.41. The third-order valence-electron chi connectivity index (χ3n) is 3.34. The highest BCUT2D eigenvalue weighted by Crippen LogP contribution is 2.36. The van der Waals surface area contributed by atoms with Crippen LogP contribution >= 0.6 is 11.6 Å². The number of halogens is 1. The van der Waals surface area contributed by atoms with Crippen LogP contribution in [-0.4, -0.2) is 9.55 Å². The quantitative estimate of drug-likeness (QED) is 0.752. The fourth-order valence-corrected chi connectivity index (χ4v) is 2.71. The molecule has 1 aliphatic rings. The van der Waals surface area contributed by atoms with E-state index in [1.54, 1.807) is 12.3 Å². The van der Waals surface area contributed by atoms with Gasteiger partial charge in [0.2, 0.25) is 0 Å². The Labute approximate surface area is 121 Å². The molecule has 2 aromatic heterocycles. The minimum atomic E-state index is 0.336. The summed E-state index contributed by atoms with van der Waals surface area (Å²) in [5.74, 6) is 0. The van der Waals surface area contributed by atoms with Gasteiger partial charge in [0.05, 0.1) is 22.5 Å². The molecule has 0 aromatic carbocycles. The van der Waals surface area contributed by atoms with Crippen molar-refractivity contribution in [2.24, 2.45) is 0 Å². The number of nitriles is 2. The predicted molar refractivity (Wildman–Crippen MR) is 75.8 cm³/mol. The van der Waals surface area contributed by atoms with Crippen molar-refractivity contribution < 1.29 is 0 Å². The zero-order valence-corrected chi connectivity index (χ0v) is 11.2. The van der Waals surface area contributed by atoms with E-state index in [9.17, 15) is 10.5 Å². The molecule has 0 bridgehead atoms. The highest BCUT2D eigenvalue weighted by atomic mass is 35.5. The van der Waals surface area contributed by atoms with E-state index in [1.807, 2.05) is 22.8 Å². The lowest BCUT2D eigenvalue weighted by atomic mass is 10.1. The van der Waals surface area contributed by atoms with Crippen LogP contribution < -0.4 is 0 Å². The highest BCUT2D eigenvalue weighted by molar-refractivity contribution is 6.32. The zero-order valence-electron chi connectivity index (χ0n) is 10.5. The molecular weight excluding hydrogens is 272 g/mol. The summed E-state index contributed by atoms with van der Waals surface area (Å²) in [5, 5.41) is 19.1. The molecule has 0 aliphatic carbocycles. The van der Waals surface area contributed by atoms with Crippen molar-refractivity contribution in [1.82, 2.24) is 9.55 Å². The maximum atomic E-state index is 9.43. The van der Waals surface area contributed by atoms with Crippen LogP contribution in [0, 0.1) is 22.7 Å².